The van der Waals surface area contributed by atoms with Gasteiger partial charge in [0.1, 0.15) is 5.75 Å². The molecule has 0 saturated carbocycles. The second kappa shape index (κ2) is 8.19. The van der Waals surface area contributed by atoms with E-state index >= 15 is 0 Å². The third-order valence-corrected chi connectivity index (χ3v) is 3.57. The van der Waals surface area contributed by atoms with Gasteiger partial charge in [-0.1, -0.05) is 50.0 Å². The Morgan fingerprint density at radius 3 is 2.65 bits per heavy atom. The van der Waals surface area contributed by atoms with Gasteiger partial charge in [-0.2, -0.15) is 0 Å². The minimum atomic E-state index is -0.0299. The van der Waals surface area contributed by atoms with E-state index in [9.17, 15) is 4.79 Å². The predicted molar refractivity (Wildman–Crippen MR) is 93.8 cm³/mol. The molecule has 2 aromatic rings. The Balaban J connectivity index is 2.27. The summed E-state index contributed by atoms with van der Waals surface area (Å²) in [6.45, 7) is 4.36. The van der Waals surface area contributed by atoms with Gasteiger partial charge >= 0.3 is 0 Å². The second-order valence-electron chi connectivity index (χ2n) is 5.84. The first-order chi connectivity index (χ1) is 11.1. The maximum atomic E-state index is 12.8. The van der Waals surface area contributed by atoms with Crippen LogP contribution in [0.2, 0.25) is 0 Å². The number of ether oxygens (including phenoxy) is 1. The molecule has 0 unspecified atom stereocenters. The molecule has 0 aliphatic heterocycles. The van der Waals surface area contributed by atoms with E-state index < -0.39 is 0 Å². The summed E-state index contributed by atoms with van der Waals surface area (Å²) in [4.78, 5) is 12.8. The number of hydrogen-bond donors (Lipinski definition) is 0. The van der Waals surface area contributed by atoms with Gasteiger partial charge in [0.05, 0.1) is 7.11 Å². The van der Waals surface area contributed by atoms with Gasteiger partial charge in [-0.25, -0.2) is 0 Å². The molecular weight excluding hydrogens is 284 g/mol. The third kappa shape index (κ3) is 4.72. The quantitative estimate of drug-likeness (QED) is 0.590. The van der Waals surface area contributed by atoms with Gasteiger partial charge in [-0.15, -0.1) is 0 Å². The number of rotatable bonds is 5. The maximum absolute atomic E-state index is 12.8. The summed E-state index contributed by atoms with van der Waals surface area (Å²) >= 11 is 0. The largest absolute Gasteiger partial charge is 0.497 e. The highest BCUT2D eigenvalue weighted by Gasteiger charge is 2.12. The second-order valence-corrected chi connectivity index (χ2v) is 5.84. The lowest BCUT2D eigenvalue weighted by Gasteiger charge is -2.06. The van der Waals surface area contributed by atoms with Crippen LogP contribution in [0.4, 0.5) is 0 Å². The molecule has 0 atom stereocenters. The Morgan fingerprint density at radius 2 is 1.91 bits per heavy atom. The fourth-order valence-electron chi connectivity index (χ4n) is 2.23. The van der Waals surface area contributed by atoms with Crippen molar-refractivity contribution in [2.75, 3.05) is 7.11 Å². The van der Waals surface area contributed by atoms with E-state index in [2.05, 4.69) is 25.7 Å². The van der Waals surface area contributed by atoms with Crippen LogP contribution >= 0.6 is 0 Å². The first-order valence-corrected chi connectivity index (χ1v) is 7.88. The van der Waals surface area contributed by atoms with E-state index in [0.29, 0.717) is 22.8 Å². The molecule has 0 radical (unpaired) electrons. The van der Waals surface area contributed by atoms with Crippen molar-refractivity contribution < 1.29 is 9.53 Å². The molecule has 0 amide bonds. The molecular formula is C21H22O2. The van der Waals surface area contributed by atoms with E-state index in [-0.39, 0.29) is 5.78 Å². The lowest BCUT2D eigenvalue weighted by atomic mass is 9.98. The zero-order valence-electron chi connectivity index (χ0n) is 13.9. The van der Waals surface area contributed by atoms with Crippen molar-refractivity contribution in [1.82, 2.24) is 0 Å². The van der Waals surface area contributed by atoms with Crippen molar-refractivity contribution in [1.29, 1.82) is 0 Å². The Labute approximate surface area is 138 Å². The highest BCUT2D eigenvalue weighted by molar-refractivity contribution is 6.10. The molecule has 23 heavy (non-hydrogen) atoms. The minimum Gasteiger partial charge on any atom is -0.497 e. The van der Waals surface area contributed by atoms with Gasteiger partial charge in [0.2, 0.25) is 0 Å². The molecule has 2 heteroatoms. The predicted octanol–water partition coefficient (Wildman–Crippen LogP) is 4.71. The van der Waals surface area contributed by atoms with Gasteiger partial charge in [0, 0.05) is 23.1 Å². The van der Waals surface area contributed by atoms with Gasteiger partial charge in [0.15, 0.2) is 5.78 Å². The molecule has 0 N–H and O–H groups in total. The summed E-state index contributed by atoms with van der Waals surface area (Å²) in [5.41, 5.74) is 2.03. The van der Waals surface area contributed by atoms with Gasteiger partial charge in [-0.3, -0.25) is 4.79 Å². The molecule has 0 aromatic heterocycles. The lowest BCUT2D eigenvalue weighted by Crippen LogP contribution is -2.04. The van der Waals surface area contributed by atoms with E-state index in [4.69, 9.17) is 4.74 Å². The maximum Gasteiger partial charge on any atom is 0.194 e. The molecule has 0 aliphatic carbocycles. The summed E-state index contributed by atoms with van der Waals surface area (Å²) in [5.74, 6) is 7.61. The number of benzene rings is 2. The van der Waals surface area contributed by atoms with E-state index in [0.717, 1.165) is 18.4 Å². The van der Waals surface area contributed by atoms with Crippen molar-refractivity contribution >= 4 is 5.78 Å². The SMILES string of the molecule is COc1cccc(C(=O)c2ccccc2C#CCCC(C)C)c1. The zero-order valence-corrected chi connectivity index (χ0v) is 13.9. The first kappa shape index (κ1) is 16.8. The number of ketones is 1. The Morgan fingerprint density at radius 1 is 1.13 bits per heavy atom. The summed E-state index contributed by atoms with van der Waals surface area (Å²) in [6.07, 6.45) is 1.92. The van der Waals surface area contributed by atoms with Crippen LogP contribution in [-0.2, 0) is 0 Å². The zero-order chi connectivity index (χ0) is 16.7. The molecule has 2 rings (SSSR count). The Bertz CT molecular complexity index is 733. The summed E-state index contributed by atoms with van der Waals surface area (Å²) in [5, 5.41) is 0. The number of carbonyl (C=O) groups excluding carboxylic acids is 1. The van der Waals surface area contributed by atoms with Gasteiger partial charge in [0.25, 0.3) is 0 Å². The number of hydrogen-bond acceptors (Lipinski definition) is 2. The fourth-order valence-corrected chi connectivity index (χ4v) is 2.23. The van der Waals surface area contributed by atoms with Crippen LogP contribution in [0.5, 0.6) is 5.75 Å². The summed E-state index contributed by atoms with van der Waals surface area (Å²) < 4.78 is 5.19. The topological polar surface area (TPSA) is 26.3 Å². The van der Waals surface area contributed by atoms with Crippen LogP contribution in [-0.4, -0.2) is 12.9 Å². The number of methoxy groups -OCH3 is 1. The monoisotopic (exact) mass is 306 g/mol. The van der Waals surface area contributed by atoms with Crippen molar-refractivity contribution in [3.05, 3.63) is 65.2 Å². The fraction of sp³-hybridized carbons (Fsp3) is 0.286. The highest BCUT2D eigenvalue weighted by Crippen LogP contribution is 2.18. The van der Waals surface area contributed by atoms with E-state index in [1.165, 1.54) is 0 Å². The Hall–Kier alpha value is -2.53. The van der Waals surface area contributed by atoms with Gasteiger partial charge < -0.3 is 4.74 Å². The van der Waals surface area contributed by atoms with E-state index in [1.54, 1.807) is 19.2 Å². The smallest absolute Gasteiger partial charge is 0.194 e. The molecule has 2 aromatic carbocycles. The summed E-state index contributed by atoms with van der Waals surface area (Å²) in [6, 6.07) is 14.7. The standard InChI is InChI=1S/C21H22O2/c1-16(2)9-4-5-10-17-11-6-7-14-20(17)21(22)18-12-8-13-19(15-18)23-3/h6-8,11-16H,4,9H2,1-3H3. The van der Waals surface area contributed by atoms with Crippen LogP contribution in [0, 0.1) is 17.8 Å². The van der Waals surface area contributed by atoms with Gasteiger partial charge in [-0.05, 0) is 36.6 Å². The molecule has 2 nitrogen and oxygen atoms in total. The molecule has 0 fully saturated rings. The lowest BCUT2D eigenvalue weighted by molar-refractivity contribution is 0.103. The van der Waals surface area contributed by atoms with Crippen molar-refractivity contribution in [3.63, 3.8) is 0 Å². The van der Waals surface area contributed by atoms with Crippen LogP contribution in [0.25, 0.3) is 0 Å². The Kier molecular flexibility index (Phi) is 6.00. The minimum absolute atomic E-state index is 0.0299. The first-order valence-electron chi connectivity index (χ1n) is 7.88. The van der Waals surface area contributed by atoms with Crippen LogP contribution in [0.3, 0.4) is 0 Å². The molecule has 0 bridgehead atoms. The van der Waals surface area contributed by atoms with Crippen LogP contribution in [0.15, 0.2) is 48.5 Å². The summed E-state index contributed by atoms with van der Waals surface area (Å²) in [7, 11) is 1.59. The average Bonchev–Trinajstić information content (AvgIpc) is 2.58. The number of carbonyl (C=O) groups is 1. The van der Waals surface area contributed by atoms with Crippen molar-refractivity contribution in [3.8, 4) is 17.6 Å². The van der Waals surface area contributed by atoms with Crippen LogP contribution < -0.4 is 4.74 Å². The van der Waals surface area contributed by atoms with Crippen molar-refractivity contribution in [2.24, 2.45) is 5.92 Å². The molecule has 0 aliphatic rings. The molecule has 0 saturated heterocycles. The van der Waals surface area contributed by atoms with Crippen molar-refractivity contribution in [2.45, 2.75) is 26.7 Å². The van der Waals surface area contributed by atoms with E-state index in [1.807, 2.05) is 36.4 Å². The average molecular weight is 306 g/mol. The van der Waals surface area contributed by atoms with Crippen LogP contribution in [0.1, 0.15) is 48.2 Å². The molecule has 0 spiro atoms. The normalized spacial score (nSPS) is 10.1. The molecule has 0 heterocycles. The highest BCUT2D eigenvalue weighted by atomic mass is 16.5. The third-order valence-electron chi connectivity index (χ3n) is 3.57. The molecule has 118 valence electrons.